The molecule has 0 amide bonds. The molecule has 1 aliphatic rings. The molecule has 2 heterocycles. The normalized spacial score (nSPS) is 20.5. The Morgan fingerprint density at radius 3 is 2.89 bits per heavy atom. The first-order chi connectivity index (χ1) is 9.42. The number of thiazole rings is 1. The second-order valence-electron chi connectivity index (χ2n) is 5.24. The molecule has 3 heteroatoms. The Balaban J connectivity index is 1.67. The number of piperidine rings is 1. The van der Waals surface area contributed by atoms with E-state index in [4.69, 9.17) is 0 Å². The van der Waals surface area contributed by atoms with Crippen LogP contribution in [0.3, 0.4) is 0 Å². The average Bonchev–Trinajstić information content (AvgIpc) is 2.95. The highest BCUT2D eigenvalue weighted by Gasteiger charge is 2.23. The van der Waals surface area contributed by atoms with Crippen LogP contribution in [0.25, 0.3) is 0 Å². The minimum atomic E-state index is 0.681. The first-order valence-corrected chi connectivity index (χ1v) is 7.96. The van der Waals surface area contributed by atoms with Crippen LogP contribution in [0, 0.1) is 0 Å². The molecule has 0 bridgehead atoms. The van der Waals surface area contributed by atoms with Gasteiger partial charge in [-0.2, -0.15) is 0 Å². The lowest BCUT2D eigenvalue weighted by atomic mass is 9.96. The first-order valence-electron chi connectivity index (χ1n) is 7.08. The minimum absolute atomic E-state index is 0.681. The van der Waals surface area contributed by atoms with E-state index >= 15 is 0 Å². The Morgan fingerprint density at radius 1 is 1.21 bits per heavy atom. The van der Waals surface area contributed by atoms with Gasteiger partial charge in [0.2, 0.25) is 0 Å². The van der Waals surface area contributed by atoms with Gasteiger partial charge < -0.3 is 0 Å². The van der Waals surface area contributed by atoms with Crippen molar-refractivity contribution in [2.24, 2.45) is 0 Å². The van der Waals surface area contributed by atoms with Crippen LogP contribution >= 0.6 is 11.3 Å². The summed E-state index contributed by atoms with van der Waals surface area (Å²) in [4.78, 5) is 7.05. The van der Waals surface area contributed by atoms with Gasteiger partial charge in [0.1, 0.15) is 5.01 Å². The smallest absolute Gasteiger partial charge is 0.107 e. The van der Waals surface area contributed by atoms with Crippen molar-refractivity contribution >= 4 is 11.3 Å². The van der Waals surface area contributed by atoms with Gasteiger partial charge in [0, 0.05) is 17.6 Å². The number of benzene rings is 1. The van der Waals surface area contributed by atoms with Crippen LogP contribution in [0.2, 0.25) is 0 Å². The third kappa shape index (κ3) is 3.43. The van der Waals surface area contributed by atoms with Gasteiger partial charge in [-0.05, 0) is 31.4 Å². The summed E-state index contributed by atoms with van der Waals surface area (Å²) in [5.74, 6) is 0. The molecule has 2 nitrogen and oxygen atoms in total. The van der Waals surface area contributed by atoms with Gasteiger partial charge in [-0.1, -0.05) is 36.8 Å². The predicted octanol–water partition coefficient (Wildman–Crippen LogP) is 3.74. The molecule has 1 aromatic heterocycles. The third-order valence-corrected chi connectivity index (χ3v) is 4.65. The summed E-state index contributed by atoms with van der Waals surface area (Å²) in [5, 5.41) is 3.32. The van der Waals surface area contributed by atoms with Crippen molar-refractivity contribution in [1.29, 1.82) is 0 Å². The minimum Gasteiger partial charge on any atom is -0.293 e. The zero-order chi connectivity index (χ0) is 12.9. The van der Waals surface area contributed by atoms with Gasteiger partial charge in [0.05, 0.1) is 6.54 Å². The van der Waals surface area contributed by atoms with Crippen molar-refractivity contribution in [2.45, 2.75) is 38.3 Å². The van der Waals surface area contributed by atoms with Crippen LogP contribution in [-0.2, 0) is 13.0 Å². The summed E-state index contributed by atoms with van der Waals surface area (Å²) >= 11 is 1.77. The van der Waals surface area contributed by atoms with Crippen molar-refractivity contribution in [1.82, 2.24) is 9.88 Å². The molecule has 0 radical (unpaired) electrons. The Kier molecular flexibility index (Phi) is 4.26. The number of hydrogen-bond donors (Lipinski definition) is 0. The van der Waals surface area contributed by atoms with Gasteiger partial charge in [0.25, 0.3) is 0 Å². The lowest BCUT2D eigenvalue weighted by Crippen LogP contribution is -2.40. The number of nitrogens with zero attached hydrogens (tertiary/aromatic N) is 2. The molecular formula is C16H20N2S. The molecule has 1 unspecified atom stereocenters. The Labute approximate surface area is 119 Å². The monoisotopic (exact) mass is 272 g/mol. The van der Waals surface area contributed by atoms with E-state index in [1.165, 1.54) is 42.8 Å². The summed E-state index contributed by atoms with van der Waals surface area (Å²) < 4.78 is 0. The summed E-state index contributed by atoms with van der Waals surface area (Å²) in [6, 6.07) is 11.6. The van der Waals surface area contributed by atoms with Crippen molar-refractivity contribution < 1.29 is 0 Å². The Bertz CT molecular complexity index is 481. The van der Waals surface area contributed by atoms with Crippen LogP contribution in [-0.4, -0.2) is 22.5 Å². The highest BCUT2D eigenvalue weighted by molar-refractivity contribution is 7.09. The second kappa shape index (κ2) is 6.31. The number of hydrogen-bond acceptors (Lipinski definition) is 3. The van der Waals surface area contributed by atoms with E-state index in [-0.39, 0.29) is 0 Å². The van der Waals surface area contributed by atoms with Gasteiger partial charge in [-0.25, -0.2) is 4.98 Å². The molecule has 0 saturated carbocycles. The Hall–Kier alpha value is -1.19. The molecular weight excluding hydrogens is 252 g/mol. The van der Waals surface area contributed by atoms with Crippen LogP contribution in [0.15, 0.2) is 41.9 Å². The predicted molar refractivity (Wildman–Crippen MR) is 80.3 cm³/mol. The molecule has 3 rings (SSSR count). The topological polar surface area (TPSA) is 16.1 Å². The fourth-order valence-corrected chi connectivity index (χ4v) is 3.53. The van der Waals surface area contributed by atoms with Crippen LogP contribution in [0.5, 0.6) is 0 Å². The lowest BCUT2D eigenvalue weighted by Gasteiger charge is -2.35. The van der Waals surface area contributed by atoms with Crippen molar-refractivity contribution in [3.8, 4) is 0 Å². The van der Waals surface area contributed by atoms with E-state index in [0.717, 1.165) is 6.54 Å². The second-order valence-corrected chi connectivity index (χ2v) is 6.21. The van der Waals surface area contributed by atoms with E-state index in [1.54, 1.807) is 11.3 Å². The number of rotatable bonds is 4. The van der Waals surface area contributed by atoms with Gasteiger partial charge in [-0.3, -0.25) is 4.90 Å². The van der Waals surface area contributed by atoms with Crippen LogP contribution < -0.4 is 0 Å². The highest BCUT2D eigenvalue weighted by atomic mass is 32.1. The van der Waals surface area contributed by atoms with Gasteiger partial charge in [0.15, 0.2) is 0 Å². The maximum Gasteiger partial charge on any atom is 0.107 e. The van der Waals surface area contributed by atoms with E-state index in [9.17, 15) is 0 Å². The SMILES string of the molecule is c1ccc(CC2CCCCN2Cc2nccs2)cc1. The quantitative estimate of drug-likeness (QED) is 0.843. The van der Waals surface area contributed by atoms with E-state index in [0.29, 0.717) is 6.04 Å². The van der Waals surface area contributed by atoms with Crippen molar-refractivity contribution in [3.05, 3.63) is 52.5 Å². The van der Waals surface area contributed by atoms with Crippen molar-refractivity contribution in [3.63, 3.8) is 0 Å². The molecule has 1 aromatic carbocycles. The molecule has 19 heavy (non-hydrogen) atoms. The number of likely N-dealkylation sites (tertiary alicyclic amines) is 1. The van der Waals surface area contributed by atoms with Crippen molar-refractivity contribution in [2.75, 3.05) is 6.54 Å². The average molecular weight is 272 g/mol. The third-order valence-electron chi connectivity index (χ3n) is 3.89. The zero-order valence-corrected chi connectivity index (χ0v) is 12.0. The highest BCUT2D eigenvalue weighted by Crippen LogP contribution is 2.23. The Morgan fingerprint density at radius 2 is 2.11 bits per heavy atom. The van der Waals surface area contributed by atoms with E-state index in [1.807, 2.05) is 6.20 Å². The maximum absolute atomic E-state index is 4.43. The molecule has 0 N–H and O–H groups in total. The van der Waals surface area contributed by atoms with Gasteiger partial charge in [-0.15, -0.1) is 11.3 Å². The molecule has 0 aliphatic carbocycles. The summed E-state index contributed by atoms with van der Waals surface area (Å²) in [5.41, 5.74) is 1.46. The fourth-order valence-electron chi connectivity index (χ4n) is 2.89. The molecule has 1 fully saturated rings. The van der Waals surface area contributed by atoms with Crippen LogP contribution in [0.4, 0.5) is 0 Å². The van der Waals surface area contributed by atoms with E-state index in [2.05, 4.69) is 45.6 Å². The molecule has 2 aromatic rings. The summed E-state index contributed by atoms with van der Waals surface area (Å²) in [6.07, 6.45) is 7.10. The zero-order valence-electron chi connectivity index (χ0n) is 11.2. The first kappa shape index (κ1) is 12.8. The molecule has 1 atom stereocenters. The summed E-state index contributed by atoms with van der Waals surface area (Å²) in [7, 11) is 0. The fraction of sp³-hybridized carbons (Fsp3) is 0.438. The molecule has 1 saturated heterocycles. The standard InChI is InChI=1S/C16H20N2S/c1-2-6-14(7-3-1)12-15-8-4-5-10-18(15)13-16-17-9-11-19-16/h1-3,6-7,9,11,15H,4-5,8,10,12-13H2. The number of aromatic nitrogens is 1. The van der Waals surface area contributed by atoms with Gasteiger partial charge >= 0.3 is 0 Å². The van der Waals surface area contributed by atoms with E-state index < -0.39 is 0 Å². The molecule has 100 valence electrons. The lowest BCUT2D eigenvalue weighted by molar-refractivity contribution is 0.139. The maximum atomic E-state index is 4.43. The van der Waals surface area contributed by atoms with Crippen LogP contribution in [0.1, 0.15) is 29.8 Å². The summed E-state index contributed by atoms with van der Waals surface area (Å²) in [6.45, 7) is 2.24. The molecule has 1 aliphatic heterocycles. The molecule has 0 spiro atoms. The largest absolute Gasteiger partial charge is 0.293 e.